The molecule has 120 valence electrons. The van der Waals surface area contributed by atoms with Crippen LogP contribution in [0.5, 0.6) is 0 Å². The molecule has 0 bridgehead atoms. The molecule has 1 spiro atoms. The summed E-state index contributed by atoms with van der Waals surface area (Å²) in [7, 11) is 0. The predicted octanol–water partition coefficient (Wildman–Crippen LogP) is 3.03. The fraction of sp³-hybridized carbons (Fsp3) is 0.941. The average molecular weight is 311 g/mol. The number of carbonyl (C=O) groups excluding carboxylic acids is 1. The lowest BCUT2D eigenvalue weighted by Gasteiger charge is -2.44. The summed E-state index contributed by atoms with van der Waals surface area (Å²) in [5.41, 5.74) is -0.0371. The molecule has 3 aliphatic rings. The van der Waals surface area contributed by atoms with E-state index in [0.717, 1.165) is 64.6 Å². The van der Waals surface area contributed by atoms with Gasteiger partial charge in [-0.1, -0.05) is 13.3 Å². The largest absolute Gasteiger partial charge is 0.375 e. The second-order valence-corrected chi connectivity index (χ2v) is 8.38. The third-order valence-corrected chi connectivity index (χ3v) is 6.75. The number of Topliss-reactive ketones (excluding diaryl/α,β-unsaturated/α-hetero) is 1. The first kappa shape index (κ1) is 15.8. The van der Waals surface area contributed by atoms with Gasteiger partial charge < -0.3 is 10.1 Å². The zero-order valence-corrected chi connectivity index (χ0v) is 14.1. The van der Waals surface area contributed by atoms with Gasteiger partial charge in [-0.25, -0.2) is 0 Å². The summed E-state index contributed by atoms with van der Waals surface area (Å²) in [4.78, 5) is 13.2. The number of hydrogen-bond acceptors (Lipinski definition) is 4. The van der Waals surface area contributed by atoms with E-state index >= 15 is 0 Å². The molecule has 0 aliphatic carbocycles. The Morgan fingerprint density at radius 2 is 2.14 bits per heavy atom. The number of nitrogens with one attached hydrogen (secondary N) is 1. The van der Waals surface area contributed by atoms with Gasteiger partial charge in [0.25, 0.3) is 0 Å². The van der Waals surface area contributed by atoms with Crippen LogP contribution in [0.15, 0.2) is 0 Å². The summed E-state index contributed by atoms with van der Waals surface area (Å²) in [6, 6.07) is 0. The maximum atomic E-state index is 13.2. The van der Waals surface area contributed by atoms with Crippen LogP contribution in [0.1, 0.15) is 51.9 Å². The Morgan fingerprint density at radius 1 is 1.33 bits per heavy atom. The molecule has 3 saturated heterocycles. The van der Waals surface area contributed by atoms with E-state index < -0.39 is 0 Å². The zero-order valence-electron chi connectivity index (χ0n) is 13.3. The highest BCUT2D eigenvalue weighted by Crippen LogP contribution is 2.44. The number of carbonyl (C=O) groups is 1. The van der Waals surface area contributed by atoms with Gasteiger partial charge in [-0.3, -0.25) is 4.79 Å². The van der Waals surface area contributed by atoms with Crippen LogP contribution in [-0.4, -0.2) is 42.6 Å². The number of hydrogen-bond donors (Lipinski definition) is 1. The van der Waals surface area contributed by atoms with Crippen LogP contribution in [-0.2, 0) is 9.53 Å². The highest BCUT2D eigenvalue weighted by Gasteiger charge is 2.47. The van der Waals surface area contributed by atoms with Crippen molar-refractivity contribution in [2.45, 2.75) is 57.5 Å². The minimum Gasteiger partial charge on any atom is -0.375 e. The highest BCUT2D eigenvalue weighted by atomic mass is 32.2. The molecule has 0 radical (unpaired) electrons. The van der Waals surface area contributed by atoms with E-state index in [4.69, 9.17) is 4.74 Å². The van der Waals surface area contributed by atoms with Crippen LogP contribution in [0, 0.1) is 11.3 Å². The van der Waals surface area contributed by atoms with E-state index in [1.807, 2.05) is 11.8 Å². The molecule has 0 aromatic carbocycles. The molecule has 0 aromatic rings. The molecule has 3 heterocycles. The minimum atomic E-state index is -0.0681. The Bertz CT molecular complexity index is 367. The normalized spacial score (nSPS) is 36.0. The molecule has 3 nitrogen and oxygen atoms in total. The van der Waals surface area contributed by atoms with Crippen LogP contribution in [0.2, 0.25) is 0 Å². The van der Waals surface area contributed by atoms with Gasteiger partial charge in [-0.15, -0.1) is 0 Å². The molecule has 0 aromatic heterocycles. The molecule has 2 atom stereocenters. The maximum absolute atomic E-state index is 13.2. The van der Waals surface area contributed by atoms with Gasteiger partial charge in [0.15, 0.2) is 0 Å². The van der Waals surface area contributed by atoms with E-state index in [2.05, 4.69) is 12.2 Å². The molecule has 0 amide bonds. The Hall–Kier alpha value is -0.0600. The predicted molar refractivity (Wildman–Crippen MR) is 87.8 cm³/mol. The number of ketones is 1. The van der Waals surface area contributed by atoms with Crippen LogP contribution in [0.4, 0.5) is 0 Å². The first-order valence-electron chi connectivity index (χ1n) is 8.66. The first-order chi connectivity index (χ1) is 10.2. The van der Waals surface area contributed by atoms with Crippen LogP contribution >= 0.6 is 11.8 Å². The topological polar surface area (TPSA) is 38.3 Å². The average Bonchev–Trinajstić information content (AvgIpc) is 2.97. The monoisotopic (exact) mass is 311 g/mol. The molecule has 3 rings (SSSR count). The molecule has 4 heteroatoms. The summed E-state index contributed by atoms with van der Waals surface area (Å²) in [5.74, 6) is 3.19. The molecule has 21 heavy (non-hydrogen) atoms. The summed E-state index contributed by atoms with van der Waals surface area (Å²) < 4.78 is 6.16. The summed E-state index contributed by atoms with van der Waals surface area (Å²) >= 11 is 2.03. The minimum absolute atomic E-state index is 0.0310. The van der Waals surface area contributed by atoms with Crippen molar-refractivity contribution in [3.63, 3.8) is 0 Å². The van der Waals surface area contributed by atoms with E-state index in [1.165, 1.54) is 11.5 Å². The van der Waals surface area contributed by atoms with Crippen LogP contribution < -0.4 is 5.32 Å². The Labute approximate surface area is 133 Å². The van der Waals surface area contributed by atoms with Gasteiger partial charge in [-0.2, -0.15) is 11.8 Å². The fourth-order valence-electron chi connectivity index (χ4n) is 4.55. The first-order valence-corrected chi connectivity index (χ1v) is 9.82. The SMILES string of the molecule is CCCC1(C(=O)C2CCOC3(CCSCC3)C2)CCNC1. The quantitative estimate of drug-likeness (QED) is 0.866. The summed E-state index contributed by atoms with van der Waals surface area (Å²) in [6.45, 7) is 4.91. The Balaban J connectivity index is 1.71. The second-order valence-electron chi connectivity index (χ2n) is 7.15. The molecule has 2 unspecified atom stereocenters. The lowest BCUT2D eigenvalue weighted by atomic mass is 9.69. The van der Waals surface area contributed by atoms with Crippen molar-refractivity contribution in [3.05, 3.63) is 0 Å². The molecule has 3 aliphatic heterocycles. The maximum Gasteiger partial charge on any atom is 0.143 e. The highest BCUT2D eigenvalue weighted by molar-refractivity contribution is 7.99. The molecular weight excluding hydrogens is 282 g/mol. The second kappa shape index (κ2) is 6.59. The van der Waals surface area contributed by atoms with E-state index in [-0.39, 0.29) is 16.9 Å². The van der Waals surface area contributed by atoms with Crippen molar-refractivity contribution in [1.29, 1.82) is 0 Å². The fourth-order valence-corrected chi connectivity index (χ4v) is 5.78. The number of thioether (sulfide) groups is 1. The lowest BCUT2D eigenvalue weighted by molar-refractivity contribution is -0.147. The van der Waals surface area contributed by atoms with Gasteiger partial charge in [0.1, 0.15) is 5.78 Å². The van der Waals surface area contributed by atoms with Gasteiger partial charge in [0.2, 0.25) is 0 Å². The van der Waals surface area contributed by atoms with E-state index in [9.17, 15) is 4.79 Å². The van der Waals surface area contributed by atoms with Gasteiger partial charge in [0.05, 0.1) is 5.60 Å². The third kappa shape index (κ3) is 3.18. The Kier molecular flexibility index (Phi) is 4.97. The zero-order chi connectivity index (χ0) is 14.8. The van der Waals surface area contributed by atoms with Crippen LogP contribution in [0.3, 0.4) is 0 Å². The number of rotatable bonds is 4. The third-order valence-electron chi connectivity index (χ3n) is 5.76. The van der Waals surface area contributed by atoms with Gasteiger partial charge in [0, 0.05) is 24.5 Å². The van der Waals surface area contributed by atoms with Crippen LogP contribution in [0.25, 0.3) is 0 Å². The van der Waals surface area contributed by atoms with Crippen molar-refractivity contribution < 1.29 is 9.53 Å². The van der Waals surface area contributed by atoms with E-state index in [0.29, 0.717) is 5.78 Å². The molecule has 3 fully saturated rings. The molecular formula is C17H29NO2S. The van der Waals surface area contributed by atoms with Crippen molar-refractivity contribution >= 4 is 17.5 Å². The Morgan fingerprint density at radius 3 is 2.81 bits per heavy atom. The van der Waals surface area contributed by atoms with Gasteiger partial charge >= 0.3 is 0 Å². The standard InChI is InChI=1S/C17H29NO2S/c1-2-4-16(5-8-18-13-16)15(19)14-3-9-20-17(12-14)6-10-21-11-7-17/h14,18H,2-13H2,1H3. The van der Waals surface area contributed by atoms with E-state index in [1.54, 1.807) is 0 Å². The summed E-state index contributed by atoms with van der Waals surface area (Å²) in [6.07, 6.45) is 7.41. The smallest absolute Gasteiger partial charge is 0.143 e. The van der Waals surface area contributed by atoms with Crippen molar-refractivity contribution in [2.24, 2.45) is 11.3 Å². The van der Waals surface area contributed by atoms with Gasteiger partial charge in [-0.05, 0) is 56.6 Å². The van der Waals surface area contributed by atoms with Crippen molar-refractivity contribution in [1.82, 2.24) is 5.32 Å². The summed E-state index contributed by atoms with van der Waals surface area (Å²) in [5, 5.41) is 3.43. The molecule has 1 N–H and O–H groups in total. The van der Waals surface area contributed by atoms with Crippen molar-refractivity contribution in [3.8, 4) is 0 Å². The number of ether oxygens (including phenoxy) is 1. The lowest BCUT2D eigenvalue weighted by Crippen LogP contribution is -2.48. The molecule has 0 saturated carbocycles. The van der Waals surface area contributed by atoms with Crippen molar-refractivity contribution in [2.75, 3.05) is 31.2 Å².